The maximum Gasteiger partial charge on any atom is 0.0970 e. The fraction of sp³-hybridized carbons (Fsp3) is 0.778. The van der Waals surface area contributed by atoms with Crippen molar-refractivity contribution in [2.45, 2.75) is 20.8 Å². The number of hydrogen-bond acceptors (Lipinski definition) is 0. The van der Waals surface area contributed by atoms with Gasteiger partial charge in [-0.2, -0.15) is 0 Å². The lowest BCUT2D eigenvalue weighted by Crippen LogP contribution is -3.00. The Kier molecular flexibility index (Phi) is 9.02. The third-order valence-corrected chi connectivity index (χ3v) is 2.53. The molecule has 0 aliphatic rings. The Morgan fingerprint density at radius 1 is 1.09 bits per heavy atom. The second kappa shape index (κ2) is 7.10. The summed E-state index contributed by atoms with van der Waals surface area (Å²) in [7, 11) is 0. The summed E-state index contributed by atoms with van der Waals surface area (Å²) in [4.78, 5) is 0. The molecule has 0 aromatic rings. The zero-order valence-electron chi connectivity index (χ0n) is 7.94. The Morgan fingerprint density at radius 2 is 1.45 bits per heavy atom. The highest BCUT2D eigenvalue weighted by Crippen LogP contribution is 2.04. The maximum absolute atomic E-state index is 3.77. The molecule has 2 heteroatoms. The summed E-state index contributed by atoms with van der Waals surface area (Å²) in [5, 5.41) is 0. The van der Waals surface area contributed by atoms with E-state index in [4.69, 9.17) is 0 Å². The lowest BCUT2D eigenvalue weighted by Gasteiger charge is -2.34. The minimum absolute atomic E-state index is 0. The van der Waals surface area contributed by atoms with E-state index in [1.807, 2.05) is 6.08 Å². The molecule has 68 valence electrons. The topological polar surface area (TPSA) is 0 Å². The van der Waals surface area contributed by atoms with Gasteiger partial charge in [0.15, 0.2) is 0 Å². The molecule has 0 aliphatic carbocycles. The van der Waals surface area contributed by atoms with Gasteiger partial charge in [-0.25, -0.2) is 0 Å². The third kappa shape index (κ3) is 4.11. The van der Waals surface area contributed by atoms with Crippen LogP contribution in [0, 0.1) is 0 Å². The predicted octanol–water partition coefficient (Wildman–Crippen LogP) is -0.947. The van der Waals surface area contributed by atoms with Crippen LogP contribution >= 0.6 is 0 Å². The highest BCUT2D eigenvalue weighted by atomic mass is 127. The zero-order valence-corrected chi connectivity index (χ0v) is 10.1. The van der Waals surface area contributed by atoms with Gasteiger partial charge in [0.25, 0.3) is 0 Å². The fourth-order valence-electron chi connectivity index (χ4n) is 1.33. The van der Waals surface area contributed by atoms with Gasteiger partial charge in [0, 0.05) is 0 Å². The first-order valence-electron chi connectivity index (χ1n) is 4.20. The Hall–Kier alpha value is 0.430. The number of hydrogen-bond donors (Lipinski definition) is 0. The number of nitrogens with zero attached hydrogens (tertiary/aromatic N) is 1. The van der Waals surface area contributed by atoms with Gasteiger partial charge in [0.05, 0.1) is 26.2 Å². The van der Waals surface area contributed by atoms with Crippen LogP contribution in [-0.2, 0) is 0 Å². The summed E-state index contributed by atoms with van der Waals surface area (Å²) < 4.78 is 1.18. The van der Waals surface area contributed by atoms with Crippen molar-refractivity contribution in [2.75, 3.05) is 26.2 Å². The molecule has 0 saturated heterocycles. The summed E-state index contributed by atoms with van der Waals surface area (Å²) >= 11 is 0. The first kappa shape index (κ1) is 14.0. The molecule has 0 amide bonds. The first-order valence-corrected chi connectivity index (χ1v) is 4.20. The summed E-state index contributed by atoms with van der Waals surface area (Å²) in [6.07, 6.45) is 2.02. The normalized spacial score (nSPS) is 10.5. The lowest BCUT2D eigenvalue weighted by atomic mass is 10.3. The van der Waals surface area contributed by atoms with Crippen LogP contribution < -0.4 is 24.0 Å². The Labute approximate surface area is 88.1 Å². The standard InChI is InChI=1S/C9H20N.HI/c1-5-9-10(6-2,7-3)8-4;/h5H,1,6-9H2,2-4H3;1H/q+1;/p-1. The van der Waals surface area contributed by atoms with E-state index in [1.54, 1.807) is 0 Å². The molecule has 0 spiro atoms. The molecule has 1 nitrogen and oxygen atoms in total. The average Bonchev–Trinajstić information content (AvgIpc) is 2.01. The molecule has 0 atom stereocenters. The van der Waals surface area contributed by atoms with Gasteiger partial charge in [-0.1, -0.05) is 6.58 Å². The van der Waals surface area contributed by atoms with E-state index < -0.39 is 0 Å². The van der Waals surface area contributed by atoms with Gasteiger partial charge in [0.1, 0.15) is 0 Å². The molecule has 0 unspecified atom stereocenters. The average molecular weight is 269 g/mol. The van der Waals surface area contributed by atoms with E-state index in [0.717, 1.165) is 6.54 Å². The molecule has 0 bridgehead atoms. The SMILES string of the molecule is C=CC[N+](CC)(CC)CC.[I-]. The number of rotatable bonds is 5. The van der Waals surface area contributed by atoms with Crippen molar-refractivity contribution in [3.8, 4) is 0 Å². The smallest absolute Gasteiger partial charge is 0.0970 e. The van der Waals surface area contributed by atoms with Crippen LogP contribution in [0.3, 0.4) is 0 Å². The van der Waals surface area contributed by atoms with E-state index in [1.165, 1.54) is 24.1 Å². The van der Waals surface area contributed by atoms with Crippen molar-refractivity contribution >= 4 is 0 Å². The Bertz CT molecular complexity index is 89.5. The monoisotopic (exact) mass is 269 g/mol. The van der Waals surface area contributed by atoms with Crippen LogP contribution in [-0.4, -0.2) is 30.7 Å². The molecule has 0 aromatic heterocycles. The summed E-state index contributed by atoms with van der Waals surface area (Å²) in [5.41, 5.74) is 0. The van der Waals surface area contributed by atoms with Crippen molar-refractivity contribution in [2.24, 2.45) is 0 Å². The summed E-state index contributed by atoms with van der Waals surface area (Å²) in [6, 6.07) is 0. The van der Waals surface area contributed by atoms with Crippen LogP contribution in [0.5, 0.6) is 0 Å². The molecule has 11 heavy (non-hydrogen) atoms. The lowest BCUT2D eigenvalue weighted by molar-refractivity contribution is -0.917. The van der Waals surface area contributed by atoms with Gasteiger partial charge in [0.2, 0.25) is 0 Å². The van der Waals surface area contributed by atoms with Gasteiger partial charge in [-0.3, -0.25) is 0 Å². The fourth-order valence-corrected chi connectivity index (χ4v) is 1.33. The first-order chi connectivity index (χ1) is 4.74. The van der Waals surface area contributed by atoms with Gasteiger partial charge >= 0.3 is 0 Å². The summed E-state index contributed by atoms with van der Waals surface area (Å²) in [6.45, 7) is 15.3. The van der Waals surface area contributed by atoms with Crippen molar-refractivity contribution in [3.05, 3.63) is 12.7 Å². The molecule has 0 rings (SSSR count). The van der Waals surface area contributed by atoms with Gasteiger partial charge < -0.3 is 28.5 Å². The number of likely N-dealkylation sites (N-methyl/N-ethyl adjacent to an activating group) is 1. The van der Waals surface area contributed by atoms with Crippen molar-refractivity contribution in [3.63, 3.8) is 0 Å². The van der Waals surface area contributed by atoms with Crippen LogP contribution in [0.15, 0.2) is 12.7 Å². The highest BCUT2D eigenvalue weighted by molar-refractivity contribution is 4.65. The van der Waals surface area contributed by atoms with Gasteiger partial charge in [-0.15, -0.1) is 0 Å². The second-order valence-corrected chi connectivity index (χ2v) is 2.76. The molecule has 0 N–H and O–H groups in total. The largest absolute Gasteiger partial charge is 1.00 e. The second-order valence-electron chi connectivity index (χ2n) is 2.76. The maximum atomic E-state index is 3.77. The molecule has 0 saturated carbocycles. The van der Waals surface area contributed by atoms with E-state index >= 15 is 0 Å². The Morgan fingerprint density at radius 3 is 1.55 bits per heavy atom. The zero-order chi connectivity index (χ0) is 8.04. The molecule has 0 aromatic carbocycles. The summed E-state index contributed by atoms with van der Waals surface area (Å²) in [5.74, 6) is 0. The quantitative estimate of drug-likeness (QED) is 0.343. The van der Waals surface area contributed by atoms with Crippen LogP contribution in [0.2, 0.25) is 0 Å². The predicted molar refractivity (Wildman–Crippen MR) is 46.9 cm³/mol. The minimum Gasteiger partial charge on any atom is -1.00 e. The molecule has 0 radical (unpaired) electrons. The molecular weight excluding hydrogens is 249 g/mol. The van der Waals surface area contributed by atoms with E-state index in [9.17, 15) is 0 Å². The minimum atomic E-state index is 0. The van der Waals surface area contributed by atoms with Crippen molar-refractivity contribution in [1.82, 2.24) is 0 Å². The van der Waals surface area contributed by atoms with Crippen LogP contribution in [0.25, 0.3) is 0 Å². The number of quaternary nitrogens is 1. The van der Waals surface area contributed by atoms with E-state index in [0.29, 0.717) is 0 Å². The molecule has 0 fully saturated rings. The number of halogens is 1. The van der Waals surface area contributed by atoms with Crippen molar-refractivity contribution in [1.29, 1.82) is 0 Å². The van der Waals surface area contributed by atoms with E-state index in [-0.39, 0.29) is 24.0 Å². The molecule has 0 aliphatic heterocycles. The van der Waals surface area contributed by atoms with Crippen LogP contribution in [0.4, 0.5) is 0 Å². The van der Waals surface area contributed by atoms with E-state index in [2.05, 4.69) is 27.4 Å². The third-order valence-electron chi connectivity index (χ3n) is 2.53. The van der Waals surface area contributed by atoms with Crippen molar-refractivity contribution < 1.29 is 28.5 Å². The molecular formula is C9H20IN. The molecule has 0 heterocycles. The highest BCUT2D eigenvalue weighted by Gasteiger charge is 2.17. The Balaban J connectivity index is 0. The van der Waals surface area contributed by atoms with Gasteiger partial charge in [-0.05, 0) is 26.8 Å². The van der Waals surface area contributed by atoms with Crippen LogP contribution in [0.1, 0.15) is 20.8 Å².